The zero-order chi connectivity index (χ0) is 33.5. The third-order valence-electron chi connectivity index (χ3n) is 8.29. The van der Waals surface area contributed by atoms with Crippen LogP contribution in [0, 0.1) is 13.8 Å². The molecule has 6 rings (SSSR count). The summed E-state index contributed by atoms with van der Waals surface area (Å²) < 4.78 is 43.1. The second-order valence-electron chi connectivity index (χ2n) is 11.7. The van der Waals surface area contributed by atoms with Gasteiger partial charge in [0, 0.05) is 73.0 Å². The van der Waals surface area contributed by atoms with Crippen LogP contribution >= 0.6 is 0 Å². The van der Waals surface area contributed by atoms with E-state index in [0.29, 0.717) is 59.9 Å². The van der Waals surface area contributed by atoms with Gasteiger partial charge in [0.1, 0.15) is 5.52 Å². The highest BCUT2D eigenvalue weighted by Crippen LogP contribution is 2.34. The van der Waals surface area contributed by atoms with Crippen LogP contribution in [-0.4, -0.2) is 63.6 Å². The number of anilines is 4. The number of piperazine rings is 1. The molecule has 0 radical (unpaired) electrons. The van der Waals surface area contributed by atoms with E-state index >= 15 is 0 Å². The van der Waals surface area contributed by atoms with Crippen LogP contribution < -0.4 is 21.1 Å². The first-order valence-corrected chi connectivity index (χ1v) is 15.0. The first kappa shape index (κ1) is 31.7. The van der Waals surface area contributed by atoms with Crippen molar-refractivity contribution in [2.24, 2.45) is 7.05 Å². The number of aromatic nitrogens is 4. The Kier molecular flexibility index (Phi) is 8.41. The van der Waals surface area contributed by atoms with Gasteiger partial charge in [-0.2, -0.15) is 13.2 Å². The number of nitrogens with zero attached hydrogens (tertiary/aromatic N) is 6. The first-order valence-electron chi connectivity index (χ1n) is 15.0. The summed E-state index contributed by atoms with van der Waals surface area (Å²) in [6.07, 6.45) is -1.41. The average molecular weight is 643 g/mol. The van der Waals surface area contributed by atoms with Crippen molar-refractivity contribution in [3.63, 3.8) is 0 Å². The molecule has 1 fully saturated rings. The molecule has 1 saturated heterocycles. The molecule has 242 valence electrons. The highest BCUT2D eigenvalue weighted by Gasteiger charge is 2.33. The molecule has 0 saturated carbocycles. The van der Waals surface area contributed by atoms with Gasteiger partial charge in [0.15, 0.2) is 0 Å². The fourth-order valence-electron chi connectivity index (χ4n) is 5.50. The fraction of sp³-hybridized carbons (Fsp3) is 0.265. The van der Waals surface area contributed by atoms with Gasteiger partial charge in [-0.3, -0.25) is 14.6 Å². The van der Waals surface area contributed by atoms with Gasteiger partial charge in [0.25, 0.3) is 11.5 Å². The van der Waals surface area contributed by atoms with E-state index in [4.69, 9.17) is 0 Å². The summed E-state index contributed by atoms with van der Waals surface area (Å²) in [7, 11) is 3.59. The first-order chi connectivity index (χ1) is 22.4. The summed E-state index contributed by atoms with van der Waals surface area (Å²) in [5.41, 5.74) is 3.17. The second kappa shape index (κ2) is 12.5. The van der Waals surface area contributed by atoms with Crippen LogP contribution in [0.15, 0.2) is 71.8 Å². The predicted octanol–water partition coefficient (Wildman–Crippen LogP) is 5.77. The van der Waals surface area contributed by atoms with Crippen molar-refractivity contribution in [3.05, 3.63) is 99.7 Å². The van der Waals surface area contributed by atoms with Gasteiger partial charge in [0.05, 0.1) is 23.1 Å². The minimum Gasteiger partial charge on any atom is -0.369 e. The second-order valence-corrected chi connectivity index (χ2v) is 11.7. The van der Waals surface area contributed by atoms with Crippen molar-refractivity contribution in [2.75, 3.05) is 48.8 Å². The van der Waals surface area contributed by atoms with Crippen LogP contribution in [0.5, 0.6) is 0 Å². The molecule has 1 aliphatic rings. The molecule has 1 amide bonds. The molecular weight excluding hydrogens is 609 g/mol. The lowest BCUT2D eigenvalue weighted by molar-refractivity contribution is -0.137. The highest BCUT2D eigenvalue weighted by atomic mass is 19.4. The monoisotopic (exact) mass is 642 g/mol. The summed E-state index contributed by atoms with van der Waals surface area (Å²) in [4.78, 5) is 43.9. The lowest BCUT2D eigenvalue weighted by Crippen LogP contribution is -2.44. The quantitative estimate of drug-likeness (QED) is 0.240. The number of aryl methyl sites for hydroxylation is 2. The van der Waals surface area contributed by atoms with Crippen LogP contribution in [0.3, 0.4) is 0 Å². The zero-order valence-electron chi connectivity index (χ0n) is 26.3. The maximum Gasteiger partial charge on any atom is 0.416 e. The van der Waals surface area contributed by atoms with E-state index in [2.05, 4.69) is 30.5 Å². The van der Waals surface area contributed by atoms with E-state index in [1.54, 1.807) is 43.7 Å². The Morgan fingerprint density at radius 1 is 0.872 bits per heavy atom. The van der Waals surface area contributed by atoms with Gasteiger partial charge in [-0.15, -0.1) is 0 Å². The van der Waals surface area contributed by atoms with E-state index in [0.717, 1.165) is 23.4 Å². The topological polar surface area (TPSA) is 108 Å². The SMILES string of the molecule is Cc1ccc(Nc2ncc3cc(-c4cc(NC(=O)c5cc(N6CCN(C)CC6)cc(C(F)(F)F)c5)ccc4C)n(C)c(=O)c3n2)cn1. The summed E-state index contributed by atoms with van der Waals surface area (Å²) >= 11 is 0. The van der Waals surface area contributed by atoms with E-state index in [-0.39, 0.29) is 22.6 Å². The van der Waals surface area contributed by atoms with Gasteiger partial charge in [0.2, 0.25) is 5.95 Å². The number of benzene rings is 2. The number of fused-ring (bicyclic) bond motifs is 1. The molecule has 10 nitrogen and oxygen atoms in total. The molecule has 5 aromatic rings. The maximum absolute atomic E-state index is 13.9. The summed E-state index contributed by atoms with van der Waals surface area (Å²) in [6, 6.07) is 14.1. The molecule has 2 N–H and O–H groups in total. The molecule has 0 aliphatic carbocycles. The molecule has 4 heterocycles. The number of alkyl halides is 3. The van der Waals surface area contributed by atoms with Crippen LogP contribution in [0.2, 0.25) is 0 Å². The smallest absolute Gasteiger partial charge is 0.369 e. The molecule has 47 heavy (non-hydrogen) atoms. The average Bonchev–Trinajstić information content (AvgIpc) is 3.05. The Morgan fingerprint density at radius 3 is 2.32 bits per heavy atom. The number of hydrogen-bond acceptors (Lipinski definition) is 8. The lowest BCUT2D eigenvalue weighted by Gasteiger charge is -2.34. The van der Waals surface area contributed by atoms with Crippen molar-refractivity contribution in [1.82, 2.24) is 24.4 Å². The number of carbonyl (C=O) groups is 1. The van der Waals surface area contributed by atoms with Gasteiger partial charge >= 0.3 is 6.18 Å². The van der Waals surface area contributed by atoms with Crippen molar-refractivity contribution < 1.29 is 18.0 Å². The minimum absolute atomic E-state index is 0.100. The van der Waals surface area contributed by atoms with Crippen molar-refractivity contribution in [3.8, 4) is 11.3 Å². The number of amides is 1. The number of carbonyl (C=O) groups excluding carboxylic acids is 1. The number of rotatable bonds is 6. The maximum atomic E-state index is 13.9. The van der Waals surface area contributed by atoms with Gasteiger partial charge < -0.3 is 25.0 Å². The highest BCUT2D eigenvalue weighted by molar-refractivity contribution is 6.05. The number of pyridine rings is 2. The Morgan fingerprint density at radius 2 is 1.62 bits per heavy atom. The summed E-state index contributed by atoms with van der Waals surface area (Å²) in [6.45, 7) is 6.26. The van der Waals surface area contributed by atoms with Crippen LogP contribution in [0.1, 0.15) is 27.2 Å². The Balaban J connectivity index is 1.30. The lowest BCUT2D eigenvalue weighted by atomic mass is 10.0. The van der Waals surface area contributed by atoms with Crippen LogP contribution in [-0.2, 0) is 13.2 Å². The van der Waals surface area contributed by atoms with Gasteiger partial charge in [-0.25, -0.2) is 9.97 Å². The van der Waals surface area contributed by atoms with E-state index < -0.39 is 17.6 Å². The Labute approximate surface area is 268 Å². The summed E-state index contributed by atoms with van der Waals surface area (Å²) in [5, 5.41) is 6.34. The molecule has 1 aliphatic heterocycles. The number of halogens is 3. The molecule has 0 bridgehead atoms. The van der Waals surface area contributed by atoms with E-state index in [1.165, 1.54) is 10.6 Å². The Hall–Kier alpha value is -5.30. The van der Waals surface area contributed by atoms with Crippen LogP contribution in [0.25, 0.3) is 22.2 Å². The largest absolute Gasteiger partial charge is 0.416 e. The number of likely N-dealkylation sites (N-methyl/N-ethyl adjacent to an activating group) is 1. The van der Waals surface area contributed by atoms with Gasteiger partial charge in [-0.1, -0.05) is 6.07 Å². The van der Waals surface area contributed by atoms with Gasteiger partial charge in [-0.05, 0) is 75.0 Å². The third kappa shape index (κ3) is 6.80. The van der Waals surface area contributed by atoms with Crippen LogP contribution in [0.4, 0.5) is 36.2 Å². The third-order valence-corrected chi connectivity index (χ3v) is 8.29. The zero-order valence-corrected chi connectivity index (χ0v) is 26.3. The molecule has 0 atom stereocenters. The molecule has 3 aromatic heterocycles. The molecular formula is C34H33F3N8O2. The van der Waals surface area contributed by atoms with Crippen molar-refractivity contribution >= 4 is 39.8 Å². The number of hydrogen-bond donors (Lipinski definition) is 2. The normalized spacial score (nSPS) is 14.0. The fourth-order valence-corrected chi connectivity index (χ4v) is 5.50. The van der Waals surface area contributed by atoms with Crippen molar-refractivity contribution in [1.29, 1.82) is 0 Å². The van der Waals surface area contributed by atoms with E-state index in [1.807, 2.05) is 37.9 Å². The molecule has 0 unspecified atom stereocenters. The predicted molar refractivity (Wildman–Crippen MR) is 176 cm³/mol. The summed E-state index contributed by atoms with van der Waals surface area (Å²) in [5.74, 6) is -0.426. The Bertz CT molecular complexity index is 2040. The van der Waals surface area contributed by atoms with E-state index in [9.17, 15) is 22.8 Å². The molecule has 0 spiro atoms. The standard InChI is InChI=1S/C34H33F3N8O2/c1-20-5-7-25(40-31(46)22-13-24(34(35,36)37)16-27(14-22)45-11-9-43(3)10-12-45)17-28(20)29-15-23-18-39-33(42-30(23)32(47)44(29)4)41-26-8-6-21(2)38-19-26/h5-8,13-19H,9-12H2,1-4H3,(H,40,46)(H,39,41,42). The van der Waals surface area contributed by atoms with Crippen molar-refractivity contribution in [2.45, 2.75) is 20.0 Å². The molecule has 13 heteroatoms. The number of nitrogens with one attached hydrogen (secondary N) is 2. The molecule has 2 aromatic carbocycles. The minimum atomic E-state index is -4.62.